The highest BCUT2D eigenvalue weighted by Crippen LogP contribution is 2.55. The number of imide groups is 1. The van der Waals surface area contributed by atoms with Crippen LogP contribution in [-0.4, -0.2) is 60.1 Å². The van der Waals surface area contributed by atoms with Crippen LogP contribution in [0.25, 0.3) is 0 Å². The molecule has 3 amide bonds. The molecule has 3 aliphatic rings. The van der Waals surface area contributed by atoms with Gasteiger partial charge < -0.3 is 14.8 Å². The molecule has 0 saturated carbocycles. The molecule has 3 saturated heterocycles. The highest BCUT2D eigenvalue weighted by atomic mass is 19.4. The molecular weight excluding hydrogens is 529 g/mol. The number of hydrogen-bond acceptors (Lipinski definition) is 7. The van der Waals surface area contributed by atoms with E-state index in [4.69, 9.17) is 14.7 Å². The van der Waals surface area contributed by atoms with Crippen LogP contribution in [0.3, 0.4) is 0 Å². The fraction of sp³-hybridized carbons (Fsp3) is 0.429. The first-order valence-electron chi connectivity index (χ1n) is 12.7. The average molecular weight is 557 g/mol. The summed E-state index contributed by atoms with van der Waals surface area (Å²) in [5.74, 6) is -2.54. The number of ether oxygens (including phenoxy) is 2. The lowest BCUT2D eigenvalue weighted by Crippen LogP contribution is -2.58. The number of rotatable bonds is 6. The van der Waals surface area contributed by atoms with Gasteiger partial charge in [0.1, 0.15) is 12.4 Å². The number of morpholine rings is 1. The number of fused-ring (bicyclic) bond motifs is 5. The molecule has 3 fully saturated rings. The Balaban J connectivity index is 1.31. The molecule has 12 heteroatoms. The summed E-state index contributed by atoms with van der Waals surface area (Å²) in [7, 11) is 0. The maximum absolute atomic E-state index is 13.6. The van der Waals surface area contributed by atoms with Crippen LogP contribution in [0.15, 0.2) is 42.5 Å². The summed E-state index contributed by atoms with van der Waals surface area (Å²) in [6, 6.07) is 11.3. The third kappa shape index (κ3) is 4.69. The second-order valence-electron chi connectivity index (χ2n) is 10.8. The Morgan fingerprint density at radius 1 is 1.10 bits per heavy atom. The van der Waals surface area contributed by atoms with Crippen LogP contribution in [0, 0.1) is 23.2 Å². The number of nitrogens with one attached hydrogen (secondary N) is 1. The van der Waals surface area contributed by atoms with Crippen molar-refractivity contribution < 1.29 is 37.0 Å². The van der Waals surface area contributed by atoms with E-state index in [2.05, 4.69) is 10.2 Å². The number of likely N-dealkylation sites (tertiary alicyclic amines) is 1. The van der Waals surface area contributed by atoms with Gasteiger partial charge in [-0.25, -0.2) is 4.90 Å². The predicted molar refractivity (Wildman–Crippen MR) is 136 cm³/mol. The topological polar surface area (TPSA) is 112 Å². The maximum Gasteiger partial charge on any atom is 0.417 e. The van der Waals surface area contributed by atoms with Crippen LogP contribution >= 0.6 is 0 Å². The van der Waals surface area contributed by atoms with E-state index in [1.54, 1.807) is 38.1 Å². The van der Waals surface area contributed by atoms with Crippen molar-refractivity contribution in [3.8, 4) is 11.8 Å². The molecule has 3 aliphatic heterocycles. The van der Waals surface area contributed by atoms with Crippen LogP contribution in [-0.2, 0) is 25.3 Å². The summed E-state index contributed by atoms with van der Waals surface area (Å²) >= 11 is 0. The van der Waals surface area contributed by atoms with Crippen molar-refractivity contribution in [3.63, 3.8) is 0 Å². The molecule has 0 radical (unpaired) electrons. The minimum absolute atomic E-state index is 0.176. The number of nitriles is 1. The summed E-state index contributed by atoms with van der Waals surface area (Å²) in [5, 5.41) is 11.8. The van der Waals surface area contributed by atoms with Crippen molar-refractivity contribution in [1.29, 1.82) is 5.26 Å². The van der Waals surface area contributed by atoms with Gasteiger partial charge in [0.2, 0.25) is 17.7 Å². The Bertz CT molecular complexity index is 1390. The number of carbonyl (C=O) groups is 3. The minimum Gasteiger partial charge on any atom is -0.492 e. The van der Waals surface area contributed by atoms with Crippen LogP contribution < -0.4 is 15.0 Å². The van der Waals surface area contributed by atoms with Crippen LogP contribution in [0.1, 0.15) is 31.9 Å². The molecule has 0 spiro atoms. The number of amides is 3. The second kappa shape index (κ2) is 9.60. The molecule has 1 N–H and O–H groups in total. The Morgan fingerprint density at radius 3 is 2.23 bits per heavy atom. The van der Waals surface area contributed by atoms with Gasteiger partial charge in [-0.2, -0.15) is 18.4 Å². The molecule has 40 heavy (non-hydrogen) atoms. The van der Waals surface area contributed by atoms with Crippen LogP contribution in [0.4, 0.5) is 24.5 Å². The third-order valence-electron chi connectivity index (χ3n) is 7.70. The molecule has 9 nitrogen and oxygen atoms in total. The molecule has 5 rings (SSSR count). The molecule has 2 unspecified atom stereocenters. The lowest BCUT2D eigenvalue weighted by Gasteiger charge is -2.45. The van der Waals surface area contributed by atoms with Gasteiger partial charge in [-0.15, -0.1) is 0 Å². The van der Waals surface area contributed by atoms with E-state index in [1.807, 2.05) is 0 Å². The monoisotopic (exact) mass is 556 g/mol. The fourth-order valence-corrected chi connectivity index (χ4v) is 6.31. The summed E-state index contributed by atoms with van der Waals surface area (Å²) in [6.07, 6.45) is -4.82. The molecule has 2 aromatic rings. The zero-order valence-electron chi connectivity index (χ0n) is 22.0. The predicted octanol–water partition coefficient (Wildman–Crippen LogP) is 3.58. The molecule has 2 aromatic carbocycles. The van der Waals surface area contributed by atoms with Gasteiger partial charge in [-0.1, -0.05) is 0 Å². The summed E-state index contributed by atoms with van der Waals surface area (Å²) in [4.78, 5) is 41.3. The number of anilines is 2. The summed E-state index contributed by atoms with van der Waals surface area (Å²) in [5.41, 5.74) is -3.44. The maximum atomic E-state index is 13.6. The van der Waals surface area contributed by atoms with E-state index < -0.39 is 52.2 Å². The smallest absolute Gasteiger partial charge is 0.417 e. The van der Waals surface area contributed by atoms with E-state index in [1.165, 1.54) is 19.1 Å². The highest BCUT2D eigenvalue weighted by molar-refractivity contribution is 6.23. The Kier molecular flexibility index (Phi) is 6.63. The van der Waals surface area contributed by atoms with Gasteiger partial charge in [0.25, 0.3) is 0 Å². The lowest BCUT2D eigenvalue weighted by atomic mass is 9.79. The Morgan fingerprint density at radius 2 is 1.70 bits per heavy atom. The van der Waals surface area contributed by atoms with E-state index in [0.29, 0.717) is 43.7 Å². The Labute approximate surface area is 228 Å². The number of halogens is 3. The normalized spacial score (nSPS) is 27.9. The standard InChI is InChI=1S/C28H27F3N4O5/c1-16(36)33-18-5-8-20(9-6-18)39-11-10-34-14-26(2)22-23(27(3,15-34)40-26)25(38)35(24(22)37)19-7-4-17(13-32)21(12-19)28(29,30)31/h4-9,12,22-23H,10-11,14-15H2,1-3H3,(H,33,36)/t22?,23?,26-,27+. The molecule has 0 aromatic heterocycles. The Hall–Kier alpha value is -3.95. The molecule has 4 atom stereocenters. The van der Waals surface area contributed by atoms with E-state index in [0.717, 1.165) is 11.0 Å². The van der Waals surface area contributed by atoms with Gasteiger partial charge in [0, 0.05) is 32.2 Å². The van der Waals surface area contributed by atoms with Crippen molar-refractivity contribution in [1.82, 2.24) is 4.90 Å². The van der Waals surface area contributed by atoms with Crippen molar-refractivity contribution in [2.75, 3.05) is 36.5 Å². The van der Waals surface area contributed by atoms with Gasteiger partial charge in [-0.3, -0.25) is 19.3 Å². The van der Waals surface area contributed by atoms with Gasteiger partial charge >= 0.3 is 6.18 Å². The zero-order chi connectivity index (χ0) is 29.0. The highest BCUT2D eigenvalue weighted by Gasteiger charge is 2.71. The molecule has 0 aliphatic carbocycles. The number of benzene rings is 2. The fourth-order valence-electron chi connectivity index (χ4n) is 6.31. The molecular formula is C28H27F3N4O5. The van der Waals surface area contributed by atoms with Crippen molar-refractivity contribution in [3.05, 3.63) is 53.6 Å². The minimum atomic E-state index is -4.82. The van der Waals surface area contributed by atoms with Crippen LogP contribution in [0.5, 0.6) is 5.75 Å². The number of nitrogens with zero attached hydrogens (tertiary/aromatic N) is 3. The van der Waals surface area contributed by atoms with Crippen LogP contribution in [0.2, 0.25) is 0 Å². The lowest BCUT2D eigenvalue weighted by molar-refractivity contribution is -0.169. The van der Waals surface area contributed by atoms with Gasteiger partial charge in [0.15, 0.2) is 0 Å². The number of alkyl halides is 3. The zero-order valence-corrected chi connectivity index (χ0v) is 22.0. The first-order valence-corrected chi connectivity index (χ1v) is 12.7. The van der Waals surface area contributed by atoms with Crippen molar-refractivity contribution in [2.45, 2.75) is 38.1 Å². The van der Waals surface area contributed by atoms with E-state index >= 15 is 0 Å². The molecule has 2 bridgehead atoms. The SMILES string of the molecule is CC(=O)Nc1ccc(OCCN2C[C@@]3(C)O[C@@](C)(C2)C2C(=O)N(c4ccc(C#N)c(C(F)(F)F)c4)C(=O)C23)cc1. The number of carbonyl (C=O) groups excluding carboxylic acids is 3. The van der Waals surface area contributed by atoms with Gasteiger partial charge in [-0.05, 0) is 56.3 Å². The van der Waals surface area contributed by atoms with Gasteiger partial charge in [0.05, 0.1) is 45.9 Å². The quantitative estimate of drug-likeness (QED) is 0.542. The van der Waals surface area contributed by atoms with Crippen molar-refractivity contribution in [2.24, 2.45) is 11.8 Å². The molecule has 210 valence electrons. The largest absolute Gasteiger partial charge is 0.492 e. The number of hydrogen-bond donors (Lipinski definition) is 1. The first-order chi connectivity index (χ1) is 18.8. The van der Waals surface area contributed by atoms with E-state index in [-0.39, 0.29) is 11.6 Å². The van der Waals surface area contributed by atoms with Crippen molar-refractivity contribution >= 4 is 29.1 Å². The summed E-state index contributed by atoms with van der Waals surface area (Å²) in [6.45, 7) is 6.37. The first kappa shape index (κ1) is 27.6. The molecule has 3 heterocycles. The van der Waals surface area contributed by atoms with E-state index in [9.17, 15) is 27.6 Å². The third-order valence-corrected chi connectivity index (χ3v) is 7.70. The summed E-state index contributed by atoms with van der Waals surface area (Å²) < 4.78 is 52.8. The second-order valence-corrected chi connectivity index (χ2v) is 10.8. The average Bonchev–Trinajstić information content (AvgIpc) is 3.24.